The number of aliphatic hydroxyl groups is 1. The van der Waals surface area contributed by atoms with Crippen LogP contribution in [-0.2, 0) is 4.74 Å². The van der Waals surface area contributed by atoms with E-state index in [0.29, 0.717) is 0 Å². The van der Waals surface area contributed by atoms with Gasteiger partial charge in [0.2, 0.25) is 0 Å². The minimum absolute atomic E-state index is 0.0180. The van der Waals surface area contributed by atoms with Crippen molar-refractivity contribution < 1.29 is 18.6 Å². The first-order valence-electron chi connectivity index (χ1n) is 6.75. The summed E-state index contributed by atoms with van der Waals surface area (Å²) < 4.78 is 31.7. The Kier molecular flexibility index (Phi) is 4.42. The van der Waals surface area contributed by atoms with Crippen LogP contribution in [0.3, 0.4) is 0 Å². The lowest BCUT2D eigenvalue weighted by Crippen LogP contribution is -2.61. The number of ether oxygens (including phenoxy) is 1. The summed E-state index contributed by atoms with van der Waals surface area (Å²) in [5.74, 6) is -1.36. The van der Waals surface area contributed by atoms with Gasteiger partial charge in [-0.1, -0.05) is 19.9 Å². The minimum Gasteiger partial charge on any atom is -0.387 e. The lowest BCUT2D eigenvalue weighted by Gasteiger charge is -2.51. The summed E-state index contributed by atoms with van der Waals surface area (Å²) in [6.07, 6.45) is 0.0648. The highest BCUT2D eigenvalue weighted by atomic mass is 19.1. The molecular formula is C15H21F2NO2. The number of halogens is 2. The minimum atomic E-state index is -0.993. The smallest absolute Gasteiger partial charge is 0.131 e. The van der Waals surface area contributed by atoms with Gasteiger partial charge in [0.05, 0.1) is 12.2 Å². The van der Waals surface area contributed by atoms with Crippen LogP contribution in [0.1, 0.15) is 31.9 Å². The SMILES string of the molecule is COC1CC(NCC(O)c2ccc(F)cc2F)C1(C)C. The van der Waals surface area contributed by atoms with Crippen molar-refractivity contribution in [3.63, 3.8) is 0 Å². The molecule has 1 aromatic rings. The topological polar surface area (TPSA) is 41.5 Å². The monoisotopic (exact) mass is 285 g/mol. The van der Waals surface area contributed by atoms with Crippen molar-refractivity contribution in [1.29, 1.82) is 0 Å². The Bertz CT molecular complexity index is 479. The standard InChI is InChI=1S/C15H21F2NO2/c1-15(2)13(7-14(15)20-3)18-8-12(19)10-5-4-9(16)6-11(10)17/h4-6,12-14,18-19H,7-8H2,1-3H3. The van der Waals surface area contributed by atoms with Gasteiger partial charge < -0.3 is 15.2 Å². The maximum Gasteiger partial charge on any atom is 0.131 e. The lowest BCUT2D eigenvalue weighted by molar-refractivity contribution is -0.0992. The van der Waals surface area contributed by atoms with Crippen LogP contribution >= 0.6 is 0 Å². The van der Waals surface area contributed by atoms with Gasteiger partial charge in [-0.25, -0.2) is 8.78 Å². The van der Waals surface area contributed by atoms with E-state index in [1.807, 2.05) is 0 Å². The first kappa shape index (κ1) is 15.4. The fourth-order valence-corrected chi connectivity index (χ4v) is 2.77. The van der Waals surface area contributed by atoms with Crippen LogP contribution < -0.4 is 5.32 Å². The molecule has 0 amide bonds. The van der Waals surface area contributed by atoms with Crippen molar-refractivity contribution in [3.8, 4) is 0 Å². The van der Waals surface area contributed by atoms with E-state index in [1.165, 1.54) is 6.07 Å². The summed E-state index contributed by atoms with van der Waals surface area (Å²) >= 11 is 0. The van der Waals surface area contributed by atoms with Crippen molar-refractivity contribution in [3.05, 3.63) is 35.4 Å². The van der Waals surface area contributed by atoms with E-state index in [0.717, 1.165) is 18.6 Å². The van der Waals surface area contributed by atoms with Gasteiger partial charge >= 0.3 is 0 Å². The predicted octanol–water partition coefficient (Wildman–Crippen LogP) is 2.40. The highest BCUT2D eigenvalue weighted by Crippen LogP contribution is 2.42. The zero-order valence-electron chi connectivity index (χ0n) is 12.0. The maximum absolute atomic E-state index is 13.5. The van der Waals surface area contributed by atoms with E-state index in [1.54, 1.807) is 7.11 Å². The van der Waals surface area contributed by atoms with Gasteiger partial charge in [0.1, 0.15) is 11.6 Å². The second-order valence-electron chi connectivity index (χ2n) is 5.92. The van der Waals surface area contributed by atoms with Gasteiger partial charge in [-0.15, -0.1) is 0 Å². The first-order chi connectivity index (χ1) is 9.36. The zero-order chi connectivity index (χ0) is 14.9. The summed E-state index contributed by atoms with van der Waals surface area (Å²) in [7, 11) is 1.69. The summed E-state index contributed by atoms with van der Waals surface area (Å²) in [5.41, 5.74) is 0.0924. The fraction of sp³-hybridized carbons (Fsp3) is 0.600. The molecule has 2 rings (SSSR count). The molecule has 3 unspecified atom stereocenters. The van der Waals surface area contributed by atoms with E-state index in [-0.39, 0.29) is 29.7 Å². The molecule has 20 heavy (non-hydrogen) atoms. The molecule has 1 fully saturated rings. The second-order valence-corrected chi connectivity index (χ2v) is 5.92. The Morgan fingerprint density at radius 3 is 2.70 bits per heavy atom. The van der Waals surface area contributed by atoms with Gasteiger partial charge in [-0.2, -0.15) is 0 Å². The summed E-state index contributed by atoms with van der Waals surface area (Å²) in [5, 5.41) is 13.2. The number of aliphatic hydroxyl groups excluding tert-OH is 1. The van der Waals surface area contributed by atoms with Crippen molar-refractivity contribution in [1.82, 2.24) is 5.32 Å². The largest absolute Gasteiger partial charge is 0.387 e. The molecule has 5 heteroatoms. The normalized spacial score (nSPS) is 26.1. The summed E-state index contributed by atoms with van der Waals surface area (Å²) in [6.45, 7) is 4.41. The molecule has 0 aliphatic heterocycles. The highest BCUT2D eigenvalue weighted by molar-refractivity contribution is 5.21. The summed E-state index contributed by atoms with van der Waals surface area (Å²) in [4.78, 5) is 0. The van der Waals surface area contributed by atoms with Crippen LogP contribution in [0, 0.1) is 17.0 Å². The molecule has 0 heterocycles. The molecule has 0 bridgehead atoms. The molecule has 2 N–H and O–H groups in total. The van der Waals surface area contributed by atoms with Crippen LogP contribution in [0.5, 0.6) is 0 Å². The fourth-order valence-electron chi connectivity index (χ4n) is 2.77. The van der Waals surface area contributed by atoms with E-state index < -0.39 is 17.7 Å². The van der Waals surface area contributed by atoms with Gasteiger partial charge in [-0.3, -0.25) is 0 Å². The Balaban J connectivity index is 1.92. The molecule has 1 aliphatic carbocycles. The molecule has 3 atom stereocenters. The van der Waals surface area contributed by atoms with E-state index in [4.69, 9.17) is 4.74 Å². The average Bonchev–Trinajstić information content (AvgIpc) is 2.37. The van der Waals surface area contributed by atoms with E-state index >= 15 is 0 Å². The number of rotatable bonds is 5. The van der Waals surface area contributed by atoms with Crippen LogP contribution in [0.4, 0.5) is 8.78 Å². The van der Waals surface area contributed by atoms with Gasteiger partial charge in [-0.05, 0) is 12.5 Å². The van der Waals surface area contributed by atoms with Gasteiger partial charge in [0.15, 0.2) is 0 Å². The predicted molar refractivity (Wildman–Crippen MR) is 72.3 cm³/mol. The molecule has 0 radical (unpaired) electrons. The quantitative estimate of drug-likeness (QED) is 0.873. The second kappa shape index (κ2) is 5.76. The zero-order valence-corrected chi connectivity index (χ0v) is 12.0. The van der Waals surface area contributed by atoms with Gasteiger partial charge in [0, 0.05) is 36.7 Å². The molecule has 1 aliphatic rings. The number of hydrogen-bond acceptors (Lipinski definition) is 3. The van der Waals surface area contributed by atoms with Crippen molar-refractivity contribution in [2.24, 2.45) is 5.41 Å². The van der Waals surface area contributed by atoms with E-state index in [2.05, 4.69) is 19.2 Å². The Labute approximate surface area is 117 Å². The molecular weight excluding hydrogens is 264 g/mol. The van der Waals surface area contributed by atoms with Crippen LogP contribution in [0.2, 0.25) is 0 Å². The number of methoxy groups -OCH3 is 1. The third kappa shape index (κ3) is 2.85. The van der Waals surface area contributed by atoms with E-state index in [9.17, 15) is 13.9 Å². The summed E-state index contributed by atoms with van der Waals surface area (Å²) in [6, 6.07) is 3.43. The molecule has 0 saturated heterocycles. The number of benzene rings is 1. The van der Waals surface area contributed by atoms with Crippen molar-refractivity contribution in [2.45, 2.75) is 38.5 Å². The first-order valence-corrected chi connectivity index (χ1v) is 6.75. The van der Waals surface area contributed by atoms with Crippen molar-refractivity contribution in [2.75, 3.05) is 13.7 Å². The molecule has 1 aromatic carbocycles. The Hall–Kier alpha value is -1.04. The Morgan fingerprint density at radius 2 is 2.15 bits per heavy atom. The molecule has 3 nitrogen and oxygen atoms in total. The van der Waals surface area contributed by atoms with Crippen LogP contribution in [0.25, 0.3) is 0 Å². The third-order valence-electron chi connectivity index (χ3n) is 4.34. The van der Waals surface area contributed by atoms with Crippen LogP contribution in [0.15, 0.2) is 18.2 Å². The highest BCUT2D eigenvalue weighted by Gasteiger charge is 2.48. The number of nitrogens with one attached hydrogen (secondary N) is 1. The molecule has 112 valence electrons. The maximum atomic E-state index is 13.5. The van der Waals surface area contributed by atoms with Crippen LogP contribution in [-0.4, -0.2) is 30.9 Å². The Morgan fingerprint density at radius 1 is 1.45 bits per heavy atom. The average molecular weight is 285 g/mol. The third-order valence-corrected chi connectivity index (χ3v) is 4.34. The van der Waals surface area contributed by atoms with Crippen molar-refractivity contribution >= 4 is 0 Å². The molecule has 0 spiro atoms. The molecule has 0 aromatic heterocycles. The number of hydrogen-bond donors (Lipinski definition) is 2. The lowest BCUT2D eigenvalue weighted by atomic mass is 9.64. The van der Waals surface area contributed by atoms with Gasteiger partial charge in [0.25, 0.3) is 0 Å². The molecule has 1 saturated carbocycles.